The van der Waals surface area contributed by atoms with Crippen molar-refractivity contribution in [2.45, 2.75) is 25.8 Å². The molecule has 0 unspecified atom stereocenters. The zero-order valence-electron chi connectivity index (χ0n) is 14.7. The van der Waals surface area contributed by atoms with Gasteiger partial charge in [0.05, 0.1) is 26.5 Å². The van der Waals surface area contributed by atoms with Gasteiger partial charge in [-0.25, -0.2) is 0 Å². The molecule has 1 amide bonds. The van der Waals surface area contributed by atoms with E-state index < -0.39 is 0 Å². The molecule has 7 nitrogen and oxygen atoms in total. The van der Waals surface area contributed by atoms with Crippen LogP contribution < -0.4 is 14.8 Å². The zero-order valence-corrected chi connectivity index (χ0v) is 14.7. The van der Waals surface area contributed by atoms with Crippen LogP contribution in [0.1, 0.15) is 30.1 Å². The number of rotatable bonds is 6. The zero-order chi connectivity index (χ0) is 17.8. The third kappa shape index (κ3) is 3.93. The summed E-state index contributed by atoms with van der Waals surface area (Å²) < 4.78 is 15.8. The van der Waals surface area contributed by atoms with Gasteiger partial charge in [-0.05, 0) is 32.4 Å². The van der Waals surface area contributed by atoms with E-state index in [9.17, 15) is 4.79 Å². The molecule has 134 valence electrons. The summed E-state index contributed by atoms with van der Waals surface area (Å²) in [5.41, 5.74) is 1.81. The molecule has 3 rings (SSSR count). The Bertz CT molecular complexity index is 744. The quantitative estimate of drug-likeness (QED) is 0.867. The lowest BCUT2D eigenvalue weighted by atomic mass is 10.0. The van der Waals surface area contributed by atoms with Gasteiger partial charge in [0, 0.05) is 23.7 Å². The van der Waals surface area contributed by atoms with Gasteiger partial charge in [0.25, 0.3) is 0 Å². The van der Waals surface area contributed by atoms with E-state index in [4.69, 9.17) is 14.0 Å². The molecule has 0 bridgehead atoms. The average molecular weight is 345 g/mol. The summed E-state index contributed by atoms with van der Waals surface area (Å²) >= 11 is 0. The predicted octanol–water partition coefficient (Wildman–Crippen LogP) is 2.78. The maximum atomic E-state index is 12.3. The molecule has 1 atom stereocenters. The van der Waals surface area contributed by atoms with E-state index in [-0.39, 0.29) is 11.9 Å². The fourth-order valence-corrected chi connectivity index (χ4v) is 3.25. The van der Waals surface area contributed by atoms with E-state index in [2.05, 4.69) is 15.4 Å². The molecule has 0 radical (unpaired) electrons. The average Bonchev–Trinajstić information content (AvgIpc) is 3.23. The van der Waals surface area contributed by atoms with E-state index in [1.807, 2.05) is 25.1 Å². The highest BCUT2D eigenvalue weighted by Crippen LogP contribution is 2.38. The monoisotopic (exact) mass is 345 g/mol. The van der Waals surface area contributed by atoms with E-state index in [0.717, 1.165) is 42.1 Å². The van der Waals surface area contributed by atoms with Crippen LogP contribution in [0.2, 0.25) is 0 Å². The van der Waals surface area contributed by atoms with Gasteiger partial charge in [0.1, 0.15) is 11.5 Å². The van der Waals surface area contributed by atoms with Gasteiger partial charge in [-0.3, -0.25) is 15.0 Å². The van der Waals surface area contributed by atoms with Crippen molar-refractivity contribution in [1.29, 1.82) is 0 Å². The van der Waals surface area contributed by atoms with Gasteiger partial charge in [-0.2, -0.15) is 0 Å². The van der Waals surface area contributed by atoms with Gasteiger partial charge < -0.3 is 14.0 Å². The number of hydrogen-bond acceptors (Lipinski definition) is 6. The molecule has 7 heteroatoms. The van der Waals surface area contributed by atoms with Gasteiger partial charge >= 0.3 is 0 Å². The third-order valence-electron chi connectivity index (χ3n) is 4.40. The highest BCUT2D eigenvalue weighted by atomic mass is 16.5. The number of hydrogen-bond donors (Lipinski definition) is 1. The lowest BCUT2D eigenvalue weighted by molar-refractivity contribution is -0.117. The summed E-state index contributed by atoms with van der Waals surface area (Å²) in [4.78, 5) is 14.5. The van der Waals surface area contributed by atoms with Crippen LogP contribution in [-0.2, 0) is 4.79 Å². The Morgan fingerprint density at radius 3 is 2.88 bits per heavy atom. The fraction of sp³-hybridized carbons (Fsp3) is 0.444. The molecule has 1 aliphatic rings. The first-order chi connectivity index (χ1) is 12.1. The van der Waals surface area contributed by atoms with Crippen molar-refractivity contribution in [3.8, 4) is 11.5 Å². The number of likely N-dealkylation sites (tertiary alicyclic amines) is 1. The lowest BCUT2D eigenvalue weighted by Crippen LogP contribution is -2.33. The van der Waals surface area contributed by atoms with Crippen molar-refractivity contribution in [2.75, 3.05) is 32.6 Å². The van der Waals surface area contributed by atoms with Gasteiger partial charge in [0.2, 0.25) is 11.8 Å². The van der Waals surface area contributed by atoms with Crippen molar-refractivity contribution >= 4 is 11.8 Å². The Balaban J connectivity index is 1.71. The molecular weight excluding hydrogens is 322 g/mol. The Morgan fingerprint density at radius 1 is 1.36 bits per heavy atom. The summed E-state index contributed by atoms with van der Waals surface area (Å²) in [7, 11) is 3.28. The van der Waals surface area contributed by atoms with Crippen LogP contribution in [0.4, 0.5) is 5.88 Å². The first kappa shape index (κ1) is 17.3. The molecule has 25 heavy (non-hydrogen) atoms. The van der Waals surface area contributed by atoms with E-state index in [1.165, 1.54) is 0 Å². The predicted molar refractivity (Wildman–Crippen MR) is 93.0 cm³/mol. The second-order valence-corrected chi connectivity index (χ2v) is 6.12. The van der Waals surface area contributed by atoms with Crippen LogP contribution in [0.5, 0.6) is 11.5 Å². The number of anilines is 1. The Morgan fingerprint density at radius 2 is 2.20 bits per heavy atom. The lowest BCUT2D eigenvalue weighted by Gasteiger charge is -2.25. The Kier molecular flexibility index (Phi) is 5.23. The summed E-state index contributed by atoms with van der Waals surface area (Å²) in [6.45, 7) is 2.97. The molecule has 1 aromatic heterocycles. The number of aryl methyl sites for hydroxylation is 1. The molecule has 2 aromatic rings. The molecule has 1 aliphatic heterocycles. The highest BCUT2D eigenvalue weighted by molar-refractivity contribution is 5.91. The Labute approximate surface area is 146 Å². The smallest absolute Gasteiger partial charge is 0.240 e. The first-order valence-corrected chi connectivity index (χ1v) is 8.30. The van der Waals surface area contributed by atoms with Crippen molar-refractivity contribution in [2.24, 2.45) is 0 Å². The van der Waals surface area contributed by atoms with Crippen LogP contribution in [0.15, 0.2) is 28.8 Å². The standard InChI is InChI=1S/C18H23N3O4/c1-12-9-18(25-20-12)19-17(22)11-21-8-4-5-15(21)14-7-6-13(23-2)10-16(14)24-3/h6-7,9-10,15H,4-5,8,11H2,1-3H3,(H,19,22)/t15-/m0/s1. The third-order valence-corrected chi connectivity index (χ3v) is 4.40. The SMILES string of the molecule is COc1ccc([C@@H]2CCCN2CC(=O)Nc2cc(C)no2)c(OC)c1. The largest absolute Gasteiger partial charge is 0.497 e. The second-order valence-electron chi connectivity index (χ2n) is 6.12. The van der Waals surface area contributed by atoms with Gasteiger partial charge in [0.15, 0.2) is 0 Å². The number of carbonyl (C=O) groups excluding carboxylic acids is 1. The number of aromatic nitrogens is 1. The number of methoxy groups -OCH3 is 2. The van der Waals surface area contributed by atoms with Crippen molar-refractivity contribution in [3.05, 3.63) is 35.5 Å². The van der Waals surface area contributed by atoms with E-state index >= 15 is 0 Å². The number of nitrogens with one attached hydrogen (secondary N) is 1. The topological polar surface area (TPSA) is 76.8 Å². The van der Waals surface area contributed by atoms with Gasteiger partial charge in [-0.15, -0.1) is 0 Å². The van der Waals surface area contributed by atoms with Crippen LogP contribution in [0, 0.1) is 6.92 Å². The molecule has 0 aliphatic carbocycles. The molecule has 1 aromatic carbocycles. The fourth-order valence-electron chi connectivity index (χ4n) is 3.25. The number of carbonyl (C=O) groups is 1. The number of amides is 1. The minimum atomic E-state index is -0.115. The highest BCUT2D eigenvalue weighted by Gasteiger charge is 2.30. The molecule has 1 N–H and O–H groups in total. The van der Waals surface area contributed by atoms with Crippen LogP contribution >= 0.6 is 0 Å². The van der Waals surface area contributed by atoms with Crippen LogP contribution in [-0.4, -0.2) is 43.3 Å². The Hall–Kier alpha value is -2.54. The van der Waals surface area contributed by atoms with E-state index in [1.54, 1.807) is 20.3 Å². The number of ether oxygens (including phenoxy) is 2. The number of nitrogens with zero attached hydrogens (tertiary/aromatic N) is 2. The summed E-state index contributed by atoms with van der Waals surface area (Å²) in [6.07, 6.45) is 2.02. The van der Waals surface area contributed by atoms with Crippen LogP contribution in [0.25, 0.3) is 0 Å². The van der Waals surface area contributed by atoms with E-state index in [0.29, 0.717) is 12.4 Å². The maximum absolute atomic E-state index is 12.3. The normalized spacial score (nSPS) is 17.5. The van der Waals surface area contributed by atoms with Crippen molar-refractivity contribution in [3.63, 3.8) is 0 Å². The molecule has 1 saturated heterocycles. The number of benzene rings is 1. The summed E-state index contributed by atoms with van der Waals surface area (Å²) in [6, 6.07) is 7.65. The second kappa shape index (κ2) is 7.57. The molecule has 0 spiro atoms. The van der Waals surface area contributed by atoms with Crippen molar-refractivity contribution in [1.82, 2.24) is 10.1 Å². The maximum Gasteiger partial charge on any atom is 0.240 e. The van der Waals surface area contributed by atoms with Crippen LogP contribution in [0.3, 0.4) is 0 Å². The summed E-state index contributed by atoms with van der Waals surface area (Å²) in [5.74, 6) is 1.79. The van der Waals surface area contributed by atoms with Gasteiger partial charge in [-0.1, -0.05) is 11.2 Å². The molecular formula is C18H23N3O4. The summed E-state index contributed by atoms with van der Waals surface area (Å²) in [5, 5.41) is 6.52. The minimum Gasteiger partial charge on any atom is -0.497 e. The first-order valence-electron chi connectivity index (χ1n) is 8.30. The molecule has 0 saturated carbocycles. The molecule has 1 fully saturated rings. The molecule has 2 heterocycles. The minimum absolute atomic E-state index is 0.115. The van der Waals surface area contributed by atoms with Crippen molar-refractivity contribution < 1.29 is 18.8 Å².